The van der Waals surface area contributed by atoms with Crippen molar-refractivity contribution in [2.75, 3.05) is 6.54 Å². The van der Waals surface area contributed by atoms with E-state index in [0.717, 1.165) is 6.04 Å². The van der Waals surface area contributed by atoms with E-state index in [1.807, 2.05) is 0 Å². The zero-order valence-electron chi connectivity index (χ0n) is 12.2. The molecule has 1 aliphatic carbocycles. The molecule has 1 aromatic carbocycles. The molecule has 2 heteroatoms. The molecule has 1 saturated carbocycles. The fourth-order valence-corrected chi connectivity index (χ4v) is 3.60. The van der Waals surface area contributed by atoms with Crippen LogP contribution in [0.4, 0.5) is 0 Å². The number of rotatable bonds is 2. The largest absolute Gasteiger partial charge is 0.326 e. The average molecular weight is 258 g/mol. The van der Waals surface area contributed by atoms with Crippen LogP contribution >= 0.6 is 0 Å². The van der Waals surface area contributed by atoms with E-state index in [-0.39, 0.29) is 0 Å². The molecule has 0 bridgehead atoms. The molecule has 0 amide bonds. The first-order chi connectivity index (χ1) is 9.16. The van der Waals surface area contributed by atoms with Crippen LogP contribution in [-0.2, 0) is 0 Å². The van der Waals surface area contributed by atoms with Crippen molar-refractivity contribution in [3.8, 4) is 0 Å². The maximum absolute atomic E-state index is 6.53. The van der Waals surface area contributed by atoms with Crippen LogP contribution in [0.2, 0.25) is 0 Å². The second-order valence-electron chi connectivity index (χ2n) is 6.43. The van der Waals surface area contributed by atoms with Crippen molar-refractivity contribution >= 4 is 0 Å². The van der Waals surface area contributed by atoms with Crippen LogP contribution in [0.25, 0.3) is 0 Å². The van der Waals surface area contributed by atoms with Gasteiger partial charge in [0, 0.05) is 12.1 Å². The van der Waals surface area contributed by atoms with Crippen molar-refractivity contribution in [3.63, 3.8) is 0 Å². The molecule has 2 nitrogen and oxygen atoms in total. The zero-order valence-corrected chi connectivity index (χ0v) is 12.2. The predicted molar refractivity (Wildman–Crippen MR) is 80.2 cm³/mol. The molecule has 104 valence electrons. The quantitative estimate of drug-likeness (QED) is 0.881. The highest BCUT2D eigenvalue weighted by Gasteiger charge is 2.38. The summed E-state index contributed by atoms with van der Waals surface area (Å²) in [6, 6.07) is 8.40. The lowest BCUT2D eigenvalue weighted by Gasteiger charge is -2.35. The molecule has 2 aliphatic rings. The van der Waals surface area contributed by atoms with Crippen molar-refractivity contribution in [3.05, 3.63) is 34.9 Å². The molecule has 2 atom stereocenters. The van der Waals surface area contributed by atoms with E-state index >= 15 is 0 Å². The van der Waals surface area contributed by atoms with Gasteiger partial charge in [0.05, 0.1) is 6.04 Å². The number of benzene rings is 1. The highest BCUT2D eigenvalue weighted by molar-refractivity contribution is 5.34. The summed E-state index contributed by atoms with van der Waals surface area (Å²) >= 11 is 0. The highest BCUT2D eigenvalue weighted by atomic mass is 15.2. The fraction of sp³-hybridized carbons (Fsp3) is 0.647. The van der Waals surface area contributed by atoms with E-state index < -0.39 is 0 Å². The molecule has 1 saturated heterocycles. The van der Waals surface area contributed by atoms with E-state index in [9.17, 15) is 0 Å². The second-order valence-corrected chi connectivity index (χ2v) is 6.43. The van der Waals surface area contributed by atoms with Gasteiger partial charge in [0.25, 0.3) is 0 Å². The van der Waals surface area contributed by atoms with Crippen molar-refractivity contribution < 1.29 is 0 Å². The Kier molecular flexibility index (Phi) is 3.64. The first kappa shape index (κ1) is 13.1. The lowest BCUT2D eigenvalue weighted by atomic mass is 9.92. The van der Waals surface area contributed by atoms with Gasteiger partial charge < -0.3 is 5.73 Å². The van der Waals surface area contributed by atoms with Crippen LogP contribution in [0.1, 0.15) is 54.8 Å². The zero-order chi connectivity index (χ0) is 13.4. The maximum Gasteiger partial charge on any atom is 0.0504 e. The van der Waals surface area contributed by atoms with Crippen LogP contribution in [0, 0.1) is 13.8 Å². The van der Waals surface area contributed by atoms with E-state index in [1.165, 1.54) is 55.3 Å². The molecular weight excluding hydrogens is 232 g/mol. The third-order valence-electron chi connectivity index (χ3n) is 4.73. The molecule has 0 radical (unpaired) electrons. The standard InChI is InChI=1S/C17H26N2/c1-12-6-9-15(13(2)11-12)17-16(18)5-3-4-10-19(17)14-7-8-14/h6,9,11,14,16-17H,3-5,7-8,10,18H2,1-2H3. The second kappa shape index (κ2) is 5.26. The Labute approximate surface area is 117 Å². The monoisotopic (exact) mass is 258 g/mol. The summed E-state index contributed by atoms with van der Waals surface area (Å²) in [5, 5.41) is 0. The average Bonchev–Trinajstić information content (AvgIpc) is 3.17. The third kappa shape index (κ3) is 2.70. The Bertz CT molecular complexity index is 451. The topological polar surface area (TPSA) is 29.3 Å². The lowest BCUT2D eigenvalue weighted by Crippen LogP contribution is -2.41. The van der Waals surface area contributed by atoms with Gasteiger partial charge in [0.1, 0.15) is 0 Å². The summed E-state index contributed by atoms with van der Waals surface area (Å²) in [5.41, 5.74) is 10.8. The Morgan fingerprint density at radius 3 is 2.58 bits per heavy atom. The smallest absolute Gasteiger partial charge is 0.0504 e. The molecule has 1 aliphatic heterocycles. The number of likely N-dealkylation sites (tertiary alicyclic amines) is 1. The molecular formula is C17H26N2. The van der Waals surface area contributed by atoms with Gasteiger partial charge in [-0.05, 0) is 57.2 Å². The van der Waals surface area contributed by atoms with Crippen molar-refractivity contribution in [2.45, 2.75) is 64.1 Å². The molecule has 2 fully saturated rings. The van der Waals surface area contributed by atoms with E-state index in [1.54, 1.807) is 0 Å². The summed E-state index contributed by atoms with van der Waals surface area (Å²) in [7, 11) is 0. The molecule has 0 spiro atoms. The van der Waals surface area contributed by atoms with Gasteiger partial charge in [-0.2, -0.15) is 0 Å². The van der Waals surface area contributed by atoms with Crippen LogP contribution < -0.4 is 5.73 Å². The molecule has 1 heterocycles. The minimum absolute atomic E-state index is 0.296. The van der Waals surface area contributed by atoms with E-state index in [0.29, 0.717) is 12.1 Å². The molecule has 3 rings (SSSR count). The lowest BCUT2D eigenvalue weighted by molar-refractivity contribution is 0.175. The van der Waals surface area contributed by atoms with Gasteiger partial charge in [0.2, 0.25) is 0 Å². The highest BCUT2D eigenvalue weighted by Crippen LogP contribution is 2.39. The van der Waals surface area contributed by atoms with Gasteiger partial charge in [-0.25, -0.2) is 0 Å². The summed E-state index contributed by atoms with van der Waals surface area (Å²) < 4.78 is 0. The van der Waals surface area contributed by atoms with Crippen LogP contribution in [0.15, 0.2) is 18.2 Å². The molecule has 19 heavy (non-hydrogen) atoms. The fourth-order valence-electron chi connectivity index (χ4n) is 3.60. The number of nitrogens with zero attached hydrogens (tertiary/aromatic N) is 1. The summed E-state index contributed by atoms with van der Waals surface area (Å²) in [6.07, 6.45) is 6.50. The first-order valence-corrected chi connectivity index (χ1v) is 7.75. The van der Waals surface area contributed by atoms with E-state index in [2.05, 4.69) is 36.9 Å². The maximum atomic E-state index is 6.53. The van der Waals surface area contributed by atoms with Crippen LogP contribution in [0.3, 0.4) is 0 Å². The molecule has 1 aromatic rings. The van der Waals surface area contributed by atoms with E-state index in [4.69, 9.17) is 5.73 Å². The van der Waals surface area contributed by atoms with Crippen molar-refractivity contribution in [2.24, 2.45) is 5.73 Å². The first-order valence-electron chi connectivity index (χ1n) is 7.75. The molecule has 2 unspecified atom stereocenters. The summed E-state index contributed by atoms with van der Waals surface area (Å²) in [4.78, 5) is 2.70. The Balaban J connectivity index is 1.96. The minimum atomic E-state index is 0.296. The van der Waals surface area contributed by atoms with Gasteiger partial charge >= 0.3 is 0 Å². The molecule has 0 aromatic heterocycles. The minimum Gasteiger partial charge on any atom is -0.326 e. The predicted octanol–water partition coefficient (Wildman–Crippen LogP) is 3.32. The summed E-state index contributed by atoms with van der Waals surface area (Å²) in [5.74, 6) is 0. The Morgan fingerprint density at radius 1 is 1.11 bits per heavy atom. The molecule has 2 N–H and O–H groups in total. The van der Waals surface area contributed by atoms with Crippen molar-refractivity contribution in [1.82, 2.24) is 4.90 Å². The number of nitrogens with two attached hydrogens (primary N) is 1. The Hall–Kier alpha value is -0.860. The third-order valence-corrected chi connectivity index (χ3v) is 4.73. The van der Waals surface area contributed by atoms with Crippen molar-refractivity contribution in [1.29, 1.82) is 0 Å². The van der Waals surface area contributed by atoms with Crippen LogP contribution in [-0.4, -0.2) is 23.5 Å². The van der Waals surface area contributed by atoms with Gasteiger partial charge in [0.15, 0.2) is 0 Å². The number of aryl methyl sites for hydroxylation is 2. The number of hydrogen-bond acceptors (Lipinski definition) is 2. The Morgan fingerprint density at radius 2 is 1.89 bits per heavy atom. The van der Waals surface area contributed by atoms with Gasteiger partial charge in [-0.3, -0.25) is 4.90 Å². The number of hydrogen-bond donors (Lipinski definition) is 1. The summed E-state index contributed by atoms with van der Waals surface area (Å²) in [6.45, 7) is 5.64. The normalized spacial score (nSPS) is 29.2. The van der Waals surface area contributed by atoms with Crippen LogP contribution in [0.5, 0.6) is 0 Å². The van der Waals surface area contributed by atoms with Gasteiger partial charge in [-0.1, -0.05) is 30.2 Å². The SMILES string of the molecule is Cc1ccc(C2C(N)CCCCN2C2CC2)c(C)c1. The van der Waals surface area contributed by atoms with Gasteiger partial charge in [-0.15, -0.1) is 0 Å².